The van der Waals surface area contributed by atoms with Crippen molar-refractivity contribution in [2.75, 3.05) is 13.1 Å². The van der Waals surface area contributed by atoms with E-state index in [0.717, 1.165) is 25.9 Å². The molecule has 1 saturated heterocycles. The second-order valence-corrected chi connectivity index (χ2v) is 5.92. The van der Waals surface area contributed by atoms with Crippen LogP contribution in [0.5, 0.6) is 0 Å². The second-order valence-electron chi connectivity index (χ2n) is 5.92. The lowest BCUT2D eigenvalue weighted by atomic mass is 9.85. The molecule has 110 valence electrons. The summed E-state index contributed by atoms with van der Waals surface area (Å²) >= 11 is 0. The van der Waals surface area contributed by atoms with E-state index in [1.807, 2.05) is 6.92 Å². The van der Waals surface area contributed by atoms with Crippen LogP contribution in [0.3, 0.4) is 0 Å². The Morgan fingerprint density at radius 3 is 2.63 bits per heavy atom. The number of rotatable bonds is 4. The van der Waals surface area contributed by atoms with E-state index >= 15 is 0 Å². The molecule has 2 rings (SSSR count). The summed E-state index contributed by atoms with van der Waals surface area (Å²) in [5.74, 6) is 0.0465. The third-order valence-corrected chi connectivity index (χ3v) is 4.32. The smallest absolute Gasteiger partial charge is 0.342 e. The van der Waals surface area contributed by atoms with Crippen LogP contribution in [0.25, 0.3) is 0 Å². The van der Waals surface area contributed by atoms with E-state index in [1.54, 1.807) is 0 Å². The molecule has 2 aliphatic rings. The Balaban J connectivity index is 1.81. The van der Waals surface area contributed by atoms with Gasteiger partial charge in [-0.15, -0.1) is 0 Å². The number of hydrogen-bond acceptors (Lipinski definition) is 2. The second kappa shape index (κ2) is 5.31. The molecule has 1 amide bonds. The van der Waals surface area contributed by atoms with Crippen LogP contribution in [0.4, 0.5) is 13.2 Å². The average Bonchev–Trinajstić information content (AvgIpc) is 3.10. The molecule has 0 radical (unpaired) electrons. The number of nitrogens with one attached hydrogen (secondary N) is 2. The fourth-order valence-electron chi connectivity index (χ4n) is 2.75. The lowest BCUT2D eigenvalue weighted by Gasteiger charge is -2.29. The lowest BCUT2D eigenvalue weighted by Crippen LogP contribution is -2.48. The molecule has 1 saturated carbocycles. The molecule has 2 atom stereocenters. The van der Waals surface area contributed by atoms with Gasteiger partial charge < -0.3 is 10.6 Å². The minimum absolute atomic E-state index is 0.0155. The SMILES string of the molecule is CC(CC(=O)NC1(C(F)(F)F)CC1)C1CCCNC1. The molecule has 6 heteroatoms. The molecule has 1 aliphatic heterocycles. The van der Waals surface area contributed by atoms with E-state index in [9.17, 15) is 18.0 Å². The van der Waals surface area contributed by atoms with Crippen LogP contribution in [0.15, 0.2) is 0 Å². The molecule has 2 fully saturated rings. The zero-order valence-corrected chi connectivity index (χ0v) is 11.1. The predicted octanol–water partition coefficient (Wildman–Crippen LogP) is 2.22. The van der Waals surface area contributed by atoms with Crippen molar-refractivity contribution in [3.05, 3.63) is 0 Å². The maximum Gasteiger partial charge on any atom is 0.411 e. The Bertz CT molecular complexity index is 333. The molecule has 1 heterocycles. The van der Waals surface area contributed by atoms with Crippen molar-refractivity contribution in [2.24, 2.45) is 11.8 Å². The normalized spacial score (nSPS) is 27.7. The van der Waals surface area contributed by atoms with Gasteiger partial charge in [0, 0.05) is 6.42 Å². The first kappa shape index (κ1) is 14.6. The van der Waals surface area contributed by atoms with Crippen molar-refractivity contribution in [1.29, 1.82) is 0 Å². The first-order chi connectivity index (χ1) is 8.84. The minimum atomic E-state index is -4.32. The summed E-state index contributed by atoms with van der Waals surface area (Å²) in [5.41, 5.74) is -1.92. The third kappa shape index (κ3) is 3.41. The van der Waals surface area contributed by atoms with E-state index in [4.69, 9.17) is 0 Å². The zero-order valence-electron chi connectivity index (χ0n) is 11.1. The van der Waals surface area contributed by atoms with Gasteiger partial charge in [0.15, 0.2) is 0 Å². The summed E-state index contributed by atoms with van der Waals surface area (Å²) in [6.07, 6.45) is -1.99. The minimum Gasteiger partial charge on any atom is -0.342 e. The highest BCUT2D eigenvalue weighted by Gasteiger charge is 2.64. The van der Waals surface area contributed by atoms with Crippen molar-refractivity contribution >= 4 is 5.91 Å². The summed E-state index contributed by atoms with van der Waals surface area (Å²) in [6, 6.07) is 0. The number of carbonyl (C=O) groups excluding carboxylic acids is 1. The van der Waals surface area contributed by atoms with Gasteiger partial charge in [-0.05, 0) is 50.6 Å². The van der Waals surface area contributed by atoms with E-state index in [1.165, 1.54) is 0 Å². The predicted molar refractivity (Wildman–Crippen MR) is 65.5 cm³/mol. The highest BCUT2D eigenvalue weighted by molar-refractivity contribution is 5.77. The first-order valence-electron chi connectivity index (χ1n) is 6.92. The topological polar surface area (TPSA) is 41.1 Å². The van der Waals surface area contributed by atoms with Crippen LogP contribution in [0.2, 0.25) is 0 Å². The van der Waals surface area contributed by atoms with Crippen molar-refractivity contribution < 1.29 is 18.0 Å². The Hall–Kier alpha value is -0.780. The van der Waals surface area contributed by atoms with Crippen molar-refractivity contribution in [3.8, 4) is 0 Å². The summed E-state index contributed by atoms with van der Waals surface area (Å²) in [4.78, 5) is 11.8. The Morgan fingerprint density at radius 1 is 1.47 bits per heavy atom. The molecule has 0 bridgehead atoms. The fraction of sp³-hybridized carbons (Fsp3) is 0.923. The van der Waals surface area contributed by atoms with Crippen LogP contribution >= 0.6 is 0 Å². The Labute approximate surface area is 111 Å². The van der Waals surface area contributed by atoms with Crippen LogP contribution < -0.4 is 10.6 Å². The largest absolute Gasteiger partial charge is 0.411 e. The molecular weight excluding hydrogens is 257 g/mol. The molecule has 1 aliphatic carbocycles. The highest BCUT2D eigenvalue weighted by Crippen LogP contribution is 2.49. The standard InChI is InChI=1S/C13H21F3N2O/c1-9(10-3-2-6-17-8-10)7-11(19)18-12(4-5-12)13(14,15)16/h9-10,17H,2-8H2,1H3,(H,18,19). The van der Waals surface area contributed by atoms with Gasteiger partial charge in [0.05, 0.1) is 0 Å². The Morgan fingerprint density at radius 2 is 2.16 bits per heavy atom. The van der Waals surface area contributed by atoms with Crippen LogP contribution in [0, 0.1) is 11.8 Å². The van der Waals surface area contributed by atoms with Gasteiger partial charge in [0.1, 0.15) is 5.54 Å². The molecule has 0 aromatic carbocycles. The molecule has 19 heavy (non-hydrogen) atoms. The van der Waals surface area contributed by atoms with Gasteiger partial charge in [-0.3, -0.25) is 4.79 Å². The van der Waals surface area contributed by atoms with E-state index in [0.29, 0.717) is 5.92 Å². The zero-order chi connectivity index (χ0) is 14.1. The van der Waals surface area contributed by atoms with E-state index in [-0.39, 0.29) is 25.2 Å². The maximum absolute atomic E-state index is 12.7. The van der Waals surface area contributed by atoms with E-state index < -0.39 is 17.6 Å². The van der Waals surface area contributed by atoms with E-state index in [2.05, 4.69) is 10.6 Å². The van der Waals surface area contributed by atoms with Crippen molar-refractivity contribution in [1.82, 2.24) is 10.6 Å². The Kier molecular flexibility index (Phi) is 4.08. The van der Waals surface area contributed by atoms with Crippen LogP contribution in [0.1, 0.15) is 39.0 Å². The van der Waals surface area contributed by atoms with Gasteiger partial charge in [0.2, 0.25) is 5.91 Å². The molecule has 2 N–H and O–H groups in total. The lowest BCUT2D eigenvalue weighted by molar-refractivity contribution is -0.170. The van der Waals surface area contributed by atoms with Gasteiger partial charge >= 0.3 is 6.18 Å². The summed E-state index contributed by atoms with van der Waals surface area (Å²) < 4.78 is 38.2. The average molecular weight is 278 g/mol. The molecule has 0 aromatic heterocycles. The quantitative estimate of drug-likeness (QED) is 0.828. The van der Waals surface area contributed by atoms with Crippen molar-refractivity contribution in [2.45, 2.75) is 50.7 Å². The van der Waals surface area contributed by atoms with Crippen molar-refractivity contribution in [3.63, 3.8) is 0 Å². The van der Waals surface area contributed by atoms with Gasteiger partial charge in [0.25, 0.3) is 0 Å². The third-order valence-electron chi connectivity index (χ3n) is 4.32. The molecule has 3 nitrogen and oxygen atoms in total. The number of amides is 1. The van der Waals surface area contributed by atoms with Gasteiger partial charge in [-0.1, -0.05) is 6.92 Å². The molecule has 2 unspecified atom stereocenters. The molecular formula is C13H21F3N2O. The number of alkyl halides is 3. The van der Waals surface area contributed by atoms with Crippen LogP contribution in [-0.2, 0) is 4.79 Å². The summed E-state index contributed by atoms with van der Waals surface area (Å²) in [5, 5.41) is 5.46. The number of piperidine rings is 1. The molecule has 0 aromatic rings. The molecule has 0 spiro atoms. The number of hydrogen-bond donors (Lipinski definition) is 2. The first-order valence-corrected chi connectivity index (χ1v) is 6.92. The van der Waals surface area contributed by atoms with Crippen LogP contribution in [-0.4, -0.2) is 30.7 Å². The maximum atomic E-state index is 12.7. The summed E-state index contributed by atoms with van der Waals surface area (Å²) in [7, 11) is 0. The highest BCUT2D eigenvalue weighted by atomic mass is 19.4. The van der Waals surface area contributed by atoms with Gasteiger partial charge in [-0.2, -0.15) is 13.2 Å². The number of halogens is 3. The number of carbonyl (C=O) groups is 1. The fourth-order valence-corrected chi connectivity index (χ4v) is 2.75. The van der Waals surface area contributed by atoms with Gasteiger partial charge in [-0.25, -0.2) is 0 Å². The monoisotopic (exact) mass is 278 g/mol. The summed E-state index contributed by atoms with van der Waals surface area (Å²) in [6.45, 7) is 3.80.